The molecule has 2 rings (SSSR count). The molecule has 0 aliphatic carbocycles. The van der Waals surface area contributed by atoms with Gasteiger partial charge < -0.3 is 4.98 Å². The van der Waals surface area contributed by atoms with E-state index >= 15 is 0 Å². The number of rotatable bonds is 2. The van der Waals surface area contributed by atoms with E-state index in [0.29, 0.717) is 10.6 Å². The highest BCUT2D eigenvalue weighted by Crippen LogP contribution is 2.26. The van der Waals surface area contributed by atoms with Crippen LogP contribution in [0.1, 0.15) is 42.3 Å². The number of aromatic amines is 1. The van der Waals surface area contributed by atoms with E-state index in [-0.39, 0.29) is 0 Å². The largest absolute Gasteiger partial charge is 0.343 e. The Morgan fingerprint density at radius 3 is 2.26 bits per heavy atom. The zero-order valence-electron chi connectivity index (χ0n) is 12.2. The highest BCUT2D eigenvalue weighted by molar-refractivity contribution is 7.71. The second kappa shape index (κ2) is 5.25. The molecule has 100 valence electrons. The van der Waals surface area contributed by atoms with Crippen molar-refractivity contribution in [2.24, 2.45) is 0 Å². The van der Waals surface area contributed by atoms with Crippen LogP contribution < -0.4 is 0 Å². The van der Waals surface area contributed by atoms with Gasteiger partial charge in [0.05, 0.1) is 0 Å². The molecule has 19 heavy (non-hydrogen) atoms. The van der Waals surface area contributed by atoms with Gasteiger partial charge in [0, 0.05) is 17.2 Å². The Morgan fingerprint density at radius 1 is 1.00 bits per heavy atom. The summed E-state index contributed by atoms with van der Waals surface area (Å²) in [5, 5.41) is 0. The Balaban J connectivity index is 2.65. The Bertz CT molecular complexity index is 669. The van der Waals surface area contributed by atoms with E-state index in [4.69, 9.17) is 12.2 Å². The van der Waals surface area contributed by atoms with Crippen molar-refractivity contribution in [3.8, 4) is 11.3 Å². The average Bonchev–Trinajstić information content (AvgIpc) is 2.33. The molecule has 0 aliphatic heterocycles. The van der Waals surface area contributed by atoms with Crippen LogP contribution >= 0.6 is 12.2 Å². The summed E-state index contributed by atoms with van der Waals surface area (Å²) in [6.07, 6.45) is 0. The minimum atomic E-state index is 0.341. The van der Waals surface area contributed by atoms with Gasteiger partial charge in [0.2, 0.25) is 0 Å². The third kappa shape index (κ3) is 2.92. The van der Waals surface area contributed by atoms with Gasteiger partial charge in [-0.25, -0.2) is 4.98 Å². The molecule has 0 aliphatic rings. The summed E-state index contributed by atoms with van der Waals surface area (Å²) >= 11 is 5.28. The van der Waals surface area contributed by atoms with Crippen LogP contribution in [0.2, 0.25) is 0 Å². The van der Waals surface area contributed by atoms with Crippen LogP contribution in [0.3, 0.4) is 0 Å². The van der Waals surface area contributed by atoms with Gasteiger partial charge in [-0.1, -0.05) is 32.1 Å². The molecular formula is C16H20N2S. The summed E-state index contributed by atoms with van der Waals surface area (Å²) < 4.78 is 0.648. The SMILES string of the molecule is Cc1cc(C)c(-c2cc(=S)nc(C(C)C)[nH]2)cc1C. The molecule has 2 nitrogen and oxygen atoms in total. The number of H-pyrrole nitrogens is 1. The standard InChI is InChI=1S/C16H20N2S/c1-9(2)16-17-14(8-15(19)18-16)13-7-11(4)10(3)6-12(13)5/h6-9H,1-5H3,(H,17,18,19). The van der Waals surface area contributed by atoms with Crippen molar-refractivity contribution in [2.45, 2.75) is 40.5 Å². The molecule has 0 saturated heterocycles. The van der Waals surface area contributed by atoms with Crippen molar-refractivity contribution in [2.75, 3.05) is 0 Å². The van der Waals surface area contributed by atoms with Gasteiger partial charge in [0.25, 0.3) is 0 Å². The molecule has 0 radical (unpaired) electrons. The summed E-state index contributed by atoms with van der Waals surface area (Å²) in [6.45, 7) is 10.6. The lowest BCUT2D eigenvalue weighted by Crippen LogP contribution is -2.00. The molecule has 1 N–H and O–H groups in total. The molecule has 0 unspecified atom stereocenters. The number of hydrogen-bond acceptors (Lipinski definition) is 2. The van der Waals surface area contributed by atoms with Crippen LogP contribution in [-0.4, -0.2) is 9.97 Å². The summed E-state index contributed by atoms with van der Waals surface area (Å²) in [4.78, 5) is 7.80. The molecule has 0 amide bonds. The van der Waals surface area contributed by atoms with Gasteiger partial charge in [0.1, 0.15) is 10.5 Å². The highest BCUT2D eigenvalue weighted by Gasteiger charge is 2.08. The molecule has 1 aromatic carbocycles. The summed E-state index contributed by atoms with van der Waals surface area (Å²) in [5.74, 6) is 1.29. The van der Waals surface area contributed by atoms with E-state index in [2.05, 4.69) is 56.7 Å². The monoisotopic (exact) mass is 272 g/mol. The number of benzene rings is 1. The first-order chi connectivity index (χ1) is 8.88. The molecular weight excluding hydrogens is 252 g/mol. The Hall–Kier alpha value is -1.48. The van der Waals surface area contributed by atoms with Crippen molar-refractivity contribution in [1.82, 2.24) is 9.97 Å². The van der Waals surface area contributed by atoms with Crippen molar-refractivity contribution in [3.63, 3.8) is 0 Å². The second-order valence-corrected chi connectivity index (χ2v) is 5.84. The smallest absolute Gasteiger partial charge is 0.130 e. The lowest BCUT2D eigenvalue weighted by Gasteiger charge is -2.12. The van der Waals surface area contributed by atoms with Gasteiger partial charge in [-0.2, -0.15) is 0 Å². The minimum absolute atomic E-state index is 0.341. The van der Waals surface area contributed by atoms with E-state index in [1.165, 1.54) is 22.3 Å². The number of nitrogens with one attached hydrogen (secondary N) is 1. The molecule has 0 spiro atoms. The van der Waals surface area contributed by atoms with Crippen LogP contribution in [0.25, 0.3) is 11.3 Å². The molecule has 3 heteroatoms. The van der Waals surface area contributed by atoms with Gasteiger partial charge in [-0.3, -0.25) is 0 Å². The minimum Gasteiger partial charge on any atom is -0.343 e. The fraction of sp³-hybridized carbons (Fsp3) is 0.375. The van der Waals surface area contributed by atoms with Crippen molar-refractivity contribution in [1.29, 1.82) is 0 Å². The van der Waals surface area contributed by atoms with Crippen LogP contribution in [0.15, 0.2) is 18.2 Å². The lowest BCUT2D eigenvalue weighted by molar-refractivity contribution is 0.773. The maximum Gasteiger partial charge on any atom is 0.130 e. The van der Waals surface area contributed by atoms with Crippen LogP contribution in [0, 0.1) is 25.4 Å². The van der Waals surface area contributed by atoms with Crippen molar-refractivity contribution < 1.29 is 0 Å². The molecule has 0 fully saturated rings. The Morgan fingerprint density at radius 2 is 1.63 bits per heavy atom. The molecule has 0 bridgehead atoms. The van der Waals surface area contributed by atoms with Gasteiger partial charge in [-0.05, 0) is 49.6 Å². The first-order valence-electron chi connectivity index (χ1n) is 6.58. The van der Waals surface area contributed by atoms with E-state index in [1.54, 1.807) is 0 Å². The zero-order valence-corrected chi connectivity index (χ0v) is 13.0. The third-order valence-electron chi connectivity index (χ3n) is 3.44. The van der Waals surface area contributed by atoms with E-state index in [0.717, 1.165) is 11.5 Å². The van der Waals surface area contributed by atoms with E-state index in [1.807, 2.05) is 6.07 Å². The summed E-state index contributed by atoms with van der Waals surface area (Å²) in [5.41, 5.74) is 6.14. The number of nitrogens with zero attached hydrogens (tertiary/aromatic N) is 1. The molecule has 0 saturated carbocycles. The Kier molecular flexibility index (Phi) is 3.85. The molecule has 0 atom stereocenters. The number of aromatic nitrogens is 2. The van der Waals surface area contributed by atoms with Crippen molar-refractivity contribution in [3.05, 3.63) is 45.4 Å². The average molecular weight is 272 g/mol. The molecule has 1 aromatic heterocycles. The normalized spacial score (nSPS) is 11.1. The third-order valence-corrected chi connectivity index (χ3v) is 3.65. The number of aryl methyl sites for hydroxylation is 3. The van der Waals surface area contributed by atoms with E-state index < -0.39 is 0 Å². The quantitative estimate of drug-likeness (QED) is 0.791. The predicted octanol–water partition coefficient (Wildman–Crippen LogP) is 4.85. The highest BCUT2D eigenvalue weighted by atomic mass is 32.1. The zero-order chi connectivity index (χ0) is 14.2. The second-order valence-electron chi connectivity index (χ2n) is 5.42. The fourth-order valence-electron chi connectivity index (χ4n) is 2.15. The first-order valence-corrected chi connectivity index (χ1v) is 6.99. The van der Waals surface area contributed by atoms with Gasteiger partial charge >= 0.3 is 0 Å². The Labute approximate surface area is 119 Å². The van der Waals surface area contributed by atoms with Gasteiger partial charge in [0.15, 0.2) is 0 Å². The van der Waals surface area contributed by atoms with E-state index in [9.17, 15) is 0 Å². The van der Waals surface area contributed by atoms with Crippen LogP contribution in [0.4, 0.5) is 0 Å². The molecule has 1 heterocycles. The van der Waals surface area contributed by atoms with Crippen LogP contribution in [-0.2, 0) is 0 Å². The van der Waals surface area contributed by atoms with Gasteiger partial charge in [-0.15, -0.1) is 0 Å². The first kappa shape index (κ1) is 13.9. The fourth-order valence-corrected chi connectivity index (χ4v) is 2.36. The van der Waals surface area contributed by atoms with Crippen LogP contribution in [0.5, 0.6) is 0 Å². The maximum absolute atomic E-state index is 5.28. The van der Waals surface area contributed by atoms with Crippen molar-refractivity contribution >= 4 is 12.2 Å². The predicted molar refractivity (Wildman–Crippen MR) is 83.2 cm³/mol. The lowest BCUT2D eigenvalue weighted by atomic mass is 9.98. The summed E-state index contributed by atoms with van der Waals surface area (Å²) in [7, 11) is 0. The maximum atomic E-state index is 5.28. The topological polar surface area (TPSA) is 28.7 Å². The number of hydrogen-bond donors (Lipinski definition) is 1. The summed E-state index contributed by atoms with van der Waals surface area (Å²) in [6, 6.07) is 6.38. The molecule has 2 aromatic rings.